The maximum absolute atomic E-state index is 14.3. The standard InChI is InChI=1S/C30H31Cl2N5O4/c1-17-14-34-20(15-33-17)16-41-36-29(39)27-21-7-3-4-8-22(21)30(40)37(26-10-6-5-9-25(26)35-18(2)38)28(27)23-12-11-19(31)13-24(23)32/h3-4,7-8,11-15,25-28H,5-6,9-10,16H2,1-2H3,(H,35,38)(H,36,39)/t25-,26-,27+,28-/m0/s1. The first-order valence-electron chi connectivity index (χ1n) is 13.6. The number of rotatable bonds is 7. The highest BCUT2D eigenvalue weighted by atomic mass is 35.5. The molecule has 214 valence electrons. The van der Waals surface area contributed by atoms with Crippen LogP contribution in [0.4, 0.5) is 0 Å². The maximum Gasteiger partial charge on any atom is 0.255 e. The molecule has 1 saturated carbocycles. The number of carbonyl (C=O) groups is 3. The Hall–Kier alpha value is -3.53. The monoisotopic (exact) mass is 595 g/mol. The second-order valence-corrected chi connectivity index (χ2v) is 11.3. The van der Waals surface area contributed by atoms with Gasteiger partial charge in [-0.1, -0.05) is 60.3 Å². The largest absolute Gasteiger partial charge is 0.352 e. The summed E-state index contributed by atoms with van der Waals surface area (Å²) in [6, 6.07) is 10.7. The minimum atomic E-state index is -0.869. The number of amides is 3. The molecule has 2 heterocycles. The van der Waals surface area contributed by atoms with Crippen molar-refractivity contribution in [1.82, 2.24) is 25.7 Å². The predicted molar refractivity (Wildman–Crippen MR) is 154 cm³/mol. The fourth-order valence-electron chi connectivity index (χ4n) is 5.88. The molecule has 41 heavy (non-hydrogen) atoms. The Morgan fingerprint density at radius 2 is 1.83 bits per heavy atom. The first-order valence-corrected chi connectivity index (χ1v) is 14.3. The summed E-state index contributed by atoms with van der Waals surface area (Å²) >= 11 is 13.0. The number of benzene rings is 2. The van der Waals surface area contributed by atoms with Crippen LogP contribution < -0.4 is 10.8 Å². The van der Waals surface area contributed by atoms with E-state index in [2.05, 4.69) is 20.8 Å². The minimum Gasteiger partial charge on any atom is -0.352 e. The Kier molecular flexibility index (Phi) is 8.87. The fraction of sp³-hybridized carbons (Fsp3) is 0.367. The Morgan fingerprint density at radius 1 is 1.05 bits per heavy atom. The van der Waals surface area contributed by atoms with E-state index >= 15 is 0 Å². The summed E-state index contributed by atoms with van der Waals surface area (Å²) in [5.41, 5.74) is 5.47. The highest BCUT2D eigenvalue weighted by Crippen LogP contribution is 2.47. The number of aryl methyl sites for hydroxylation is 1. The highest BCUT2D eigenvalue weighted by molar-refractivity contribution is 6.35. The van der Waals surface area contributed by atoms with Crippen LogP contribution in [0.2, 0.25) is 10.0 Å². The normalized spacial score (nSPS) is 22.1. The topological polar surface area (TPSA) is 114 Å². The summed E-state index contributed by atoms with van der Waals surface area (Å²) < 4.78 is 0. The van der Waals surface area contributed by atoms with Gasteiger partial charge in [0.05, 0.1) is 35.6 Å². The van der Waals surface area contributed by atoms with Gasteiger partial charge >= 0.3 is 0 Å². The number of halogens is 2. The Morgan fingerprint density at radius 3 is 2.56 bits per heavy atom. The molecule has 3 aromatic rings. The molecule has 1 aliphatic carbocycles. The average molecular weight is 597 g/mol. The van der Waals surface area contributed by atoms with Gasteiger partial charge in [0.25, 0.3) is 11.8 Å². The first kappa shape index (κ1) is 29.0. The van der Waals surface area contributed by atoms with Crippen molar-refractivity contribution in [2.75, 3.05) is 0 Å². The van der Waals surface area contributed by atoms with Crippen molar-refractivity contribution in [2.45, 2.75) is 70.2 Å². The zero-order valence-electron chi connectivity index (χ0n) is 22.8. The molecule has 0 radical (unpaired) electrons. The van der Waals surface area contributed by atoms with Gasteiger partial charge in [-0.15, -0.1) is 0 Å². The molecule has 1 aliphatic heterocycles. The van der Waals surface area contributed by atoms with Crippen LogP contribution in [0, 0.1) is 6.92 Å². The number of aromatic nitrogens is 2. The fourth-order valence-corrected chi connectivity index (χ4v) is 6.40. The number of carbonyl (C=O) groups excluding carboxylic acids is 3. The summed E-state index contributed by atoms with van der Waals surface area (Å²) in [5.74, 6) is -1.71. The molecular weight excluding hydrogens is 565 g/mol. The molecule has 1 fully saturated rings. The Balaban J connectivity index is 1.57. The minimum absolute atomic E-state index is 0.00955. The van der Waals surface area contributed by atoms with Crippen molar-refractivity contribution in [2.24, 2.45) is 0 Å². The summed E-state index contributed by atoms with van der Waals surface area (Å²) in [4.78, 5) is 56.2. The first-order chi connectivity index (χ1) is 19.7. The average Bonchev–Trinajstić information content (AvgIpc) is 2.94. The second-order valence-electron chi connectivity index (χ2n) is 10.5. The molecule has 3 amide bonds. The lowest BCUT2D eigenvalue weighted by molar-refractivity contribution is -0.138. The van der Waals surface area contributed by atoms with Crippen LogP contribution >= 0.6 is 23.2 Å². The molecular formula is C30H31Cl2N5O4. The molecule has 2 aliphatic rings. The van der Waals surface area contributed by atoms with Crippen molar-refractivity contribution in [3.63, 3.8) is 0 Å². The molecule has 0 bridgehead atoms. The molecule has 5 rings (SSSR count). The lowest BCUT2D eigenvalue weighted by Crippen LogP contribution is -2.59. The summed E-state index contributed by atoms with van der Waals surface area (Å²) in [5, 5.41) is 3.81. The van der Waals surface area contributed by atoms with Gasteiger partial charge in [-0.2, -0.15) is 0 Å². The van der Waals surface area contributed by atoms with E-state index in [4.69, 9.17) is 28.0 Å². The van der Waals surface area contributed by atoms with Crippen molar-refractivity contribution < 1.29 is 19.2 Å². The summed E-state index contributed by atoms with van der Waals surface area (Å²) in [6.45, 7) is 3.31. The van der Waals surface area contributed by atoms with Crippen LogP contribution in [0.25, 0.3) is 0 Å². The van der Waals surface area contributed by atoms with Gasteiger partial charge in [-0.25, -0.2) is 5.48 Å². The van der Waals surface area contributed by atoms with Crippen LogP contribution in [-0.2, 0) is 21.0 Å². The van der Waals surface area contributed by atoms with E-state index in [1.54, 1.807) is 59.8 Å². The van der Waals surface area contributed by atoms with E-state index in [1.165, 1.54) is 6.92 Å². The third kappa shape index (κ3) is 6.22. The molecule has 4 atom stereocenters. The van der Waals surface area contributed by atoms with Crippen LogP contribution in [0.15, 0.2) is 54.9 Å². The van der Waals surface area contributed by atoms with E-state index in [9.17, 15) is 14.4 Å². The number of nitrogens with one attached hydrogen (secondary N) is 2. The third-order valence-electron chi connectivity index (χ3n) is 7.64. The van der Waals surface area contributed by atoms with Gasteiger partial charge in [0.15, 0.2) is 0 Å². The third-order valence-corrected chi connectivity index (χ3v) is 8.20. The van der Waals surface area contributed by atoms with Crippen molar-refractivity contribution in [3.8, 4) is 0 Å². The van der Waals surface area contributed by atoms with Gasteiger partial charge in [-0.3, -0.25) is 29.2 Å². The lowest BCUT2D eigenvalue weighted by Gasteiger charge is -2.49. The smallest absolute Gasteiger partial charge is 0.255 e. The molecule has 1 aromatic heterocycles. The SMILES string of the molecule is CC(=O)N[C@H]1CCCC[C@@H]1N1C(=O)c2ccccc2[C@@H](C(=O)NOCc2cnc(C)cn2)[C@@H]1c1ccc(Cl)cc1Cl. The van der Waals surface area contributed by atoms with E-state index in [-0.39, 0.29) is 30.5 Å². The molecule has 0 spiro atoms. The Bertz CT molecular complexity index is 1450. The van der Waals surface area contributed by atoms with Gasteiger partial charge < -0.3 is 10.2 Å². The molecule has 0 saturated heterocycles. The molecule has 9 nitrogen and oxygen atoms in total. The van der Waals surface area contributed by atoms with E-state index in [0.717, 1.165) is 18.5 Å². The van der Waals surface area contributed by atoms with Crippen molar-refractivity contribution in [3.05, 3.63) is 93.0 Å². The van der Waals surface area contributed by atoms with Gasteiger partial charge in [-0.05, 0) is 49.1 Å². The summed E-state index contributed by atoms with van der Waals surface area (Å²) in [7, 11) is 0. The number of fused-ring (bicyclic) bond motifs is 1. The predicted octanol–water partition coefficient (Wildman–Crippen LogP) is 5.07. The summed E-state index contributed by atoms with van der Waals surface area (Å²) in [6.07, 6.45) is 6.39. The molecule has 11 heteroatoms. The number of hydroxylamine groups is 1. The van der Waals surface area contributed by atoms with Crippen LogP contribution in [0.5, 0.6) is 0 Å². The van der Waals surface area contributed by atoms with E-state index in [1.807, 2.05) is 6.92 Å². The molecule has 2 N–H and O–H groups in total. The zero-order valence-corrected chi connectivity index (χ0v) is 24.3. The van der Waals surface area contributed by atoms with Gasteiger partial charge in [0.2, 0.25) is 5.91 Å². The lowest BCUT2D eigenvalue weighted by atomic mass is 9.76. The van der Waals surface area contributed by atoms with Gasteiger partial charge in [0, 0.05) is 34.8 Å². The number of nitrogens with zero attached hydrogens (tertiary/aromatic N) is 3. The second kappa shape index (κ2) is 12.5. The molecule has 0 unspecified atom stereocenters. The van der Waals surface area contributed by atoms with Crippen LogP contribution in [0.1, 0.15) is 77.4 Å². The maximum atomic E-state index is 14.3. The van der Waals surface area contributed by atoms with Crippen molar-refractivity contribution >= 4 is 40.9 Å². The van der Waals surface area contributed by atoms with Gasteiger partial charge in [0.1, 0.15) is 6.61 Å². The zero-order chi connectivity index (χ0) is 29.1. The number of hydrogen-bond acceptors (Lipinski definition) is 6. The quantitative estimate of drug-likeness (QED) is 0.369. The molecule has 2 aromatic carbocycles. The van der Waals surface area contributed by atoms with E-state index < -0.39 is 17.9 Å². The van der Waals surface area contributed by atoms with E-state index in [0.29, 0.717) is 45.3 Å². The highest BCUT2D eigenvalue weighted by Gasteiger charge is 2.49. The Labute approximate surface area is 248 Å². The van der Waals surface area contributed by atoms with Crippen LogP contribution in [-0.4, -0.2) is 44.7 Å². The van der Waals surface area contributed by atoms with Crippen molar-refractivity contribution in [1.29, 1.82) is 0 Å². The number of hydrogen-bond donors (Lipinski definition) is 2. The van der Waals surface area contributed by atoms with Crippen LogP contribution in [0.3, 0.4) is 0 Å².